The van der Waals surface area contributed by atoms with Gasteiger partial charge in [0.15, 0.2) is 0 Å². The van der Waals surface area contributed by atoms with E-state index in [4.69, 9.17) is 5.73 Å². The Hall–Kier alpha value is -1.55. The van der Waals surface area contributed by atoms with Crippen LogP contribution >= 0.6 is 0 Å². The lowest BCUT2D eigenvalue weighted by atomic mass is 10.1. The monoisotopic (exact) mass is 222 g/mol. The molecule has 88 valence electrons. The number of anilines is 1. The van der Waals surface area contributed by atoms with E-state index >= 15 is 0 Å². The minimum Gasteiger partial charge on any atom is -0.398 e. The average Bonchev–Trinajstić information content (AvgIpc) is 2.17. The number of aryl methyl sites for hydroxylation is 1. The highest BCUT2D eigenvalue weighted by Crippen LogP contribution is 2.13. The molecule has 0 spiro atoms. The summed E-state index contributed by atoms with van der Waals surface area (Å²) in [5.41, 5.74) is 6.65. The number of carbonyl (C=O) groups excluding carboxylic acids is 1. The number of nitrogens with one attached hydrogen (secondary N) is 1. The molecule has 0 aliphatic heterocycles. The molecule has 0 aromatic heterocycles. The van der Waals surface area contributed by atoms with Gasteiger partial charge >= 0.3 is 0 Å². The maximum Gasteiger partial charge on any atom is 0.253 e. The zero-order valence-electron chi connectivity index (χ0n) is 9.87. The third kappa shape index (κ3) is 3.55. The molecule has 4 nitrogen and oxygen atoms in total. The van der Waals surface area contributed by atoms with Gasteiger partial charge in [0.25, 0.3) is 5.91 Å². The minimum absolute atomic E-state index is 0.194. The SMILES string of the molecule is Cc1ccc(N)c(C(=O)NCC(C)(C)O)c1. The molecule has 0 atom stereocenters. The summed E-state index contributed by atoms with van der Waals surface area (Å²) < 4.78 is 0. The van der Waals surface area contributed by atoms with Crippen LogP contribution in [0.3, 0.4) is 0 Å². The standard InChI is InChI=1S/C12H18N2O2/c1-8-4-5-10(13)9(6-8)11(15)14-7-12(2,3)16/h4-6,16H,7,13H2,1-3H3,(H,14,15). The molecule has 16 heavy (non-hydrogen) atoms. The zero-order valence-corrected chi connectivity index (χ0v) is 9.87. The van der Waals surface area contributed by atoms with Gasteiger partial charge in [-0.2, -0.15) is 0 Å². The second kappa shape index (κ2) is 4.53. The number of carbonyl (C=O) groups is 1. The van der Waals surface area contributed by atoms with Crippen molar-refractivity contribution in [1.82, 2.24) is 5.32 Å². The van der Waals surface area contributed by atoms with Crippen molar-refractivity contribution in [3.8, 4) is 0 Å². The molecule has 1 amide bonds. The van der Waals surface area contributed by atoms with Crippen molar-refractivity contribution in [1.29, 1.82) is 0 Å². The number of aliphatic hydroxyl groups is 1. The van der Waals surface area contributed by atoms with Crippen LogP contribution < -0.4 is 11.1 Å². The highest BCUT2D eigenvalue weighted by atomic mass is 16.3. The minimum atomic E-state index is -0.922. The summed E-state index contributed by atoms with van der Waals surface area (Å²) in [6.45, 7) is 5.35. The van der Waals surface area contributed by atoms with Crippen LogP contribution in [0.25, 0.3) is 0 Å². The lowest BCUT2D eigenvalue weighted by Gasteiger charge is -2.18. The summed E-state index contributed by atoms with van der Waals surface area (Å²) in [6, 6.07) is 5.28. The molecule has 1 aromatic rings. The van der Waals surface area contributed by atoms with Crippen molar-refractivity contribution in [2.24, 2.45) is 0 Å². The Bertz CT molecular complexity index is 394. The van der Waals surface area contributed by atoms with Crippen LogP contribution in [0.5, 0.6) is 0 Å². The quantitative estimate of drug-likeness (QED) is 0.670. The molecule has 4 heteroatoms. The van der Waals surface area contributed by atoms with Crippen LogP contribution in [0.15, 0.2) is 18.2 Å². The molecule has 0 aliphatic rings. The number of hydrogen-bond donors (Lipinski definition) is 3. The van der Waals surface area contributed by atoms with Crippen molar-refractivity contribution in [3.63, 3.8) is 0 Å². The molecule has 4 N–H and O–H groups in total. The molecular weight excluding hydrogens is 204 g/mol. The second-order valence-electron chi connectivity index (χ2n) is 4.59. The number of nitrogens with two attached hydrogens (primary N) is 1. The van der Waals surface area contributed by atoms with Gasteiger partial charge in [-0.1, -0.05) is 11.6 Å². The van der Waals surface area contributed by atoms with E-state index in [2.05, 4.69) is 5.32 Å². The first kappa shape index (κ1) is 12.5. The average molecular weight is 222 g/mol. The fourth-order valence-corrected chi connectivity index (χ4v) is 1.26. The predicted molar refractivity (Wildman–Crippen MR) is 64.2 cm³/mol. The Morgan fingerprint density at radius 3 is 2.69 bits per heavy atom. The smallest absolute Gasteiger partial charge is 0.253 e. The first-order chi connectivity index (χ1) is 7.29. The van der Waals surface area contributed by atoms with Crippen LogP contribution in [0.4, 0.5) is 5.69 Å². The fourth-order valence-electron chi connectivity index (χ4n) is 1.26. The molecule has 0 saturated heterocycles. The normalized spacial score (nSPS) is 11.2. The summed E-state index contributed by atoms with van der Waals surface area (Å²) in [7, 11) is 0. The van der Waals surface area contributed by atoms with Gasteiger partial charge in [-0.3, -0.25) is 4.79 Å². The van der Waals surface area contributed by atoms with Gasteiger partial charge in [-0.05, 0) is 32.9 Å². The van der Waals surface area contributed by atoms with E-state index < -0.39 is 5.60 Å². The Morgan fingerprint density at radius 1 is 1.50 bits per heavy atom. The van der Waals surface area contributed by atoms with Crippen molar-refractivity contribution in [3.05, 3.63) is 29.3 Å². The Labute approximate surface area is 95.5 Å². The fraction of sp³-hybridized carbons (Fsp3) is 0.417. The molecule has 0 saturated carbocycles. The number of rotatable bonds is 3. The zero-order chi connectivity index (χ0) is 12.3. The van der Waals surface area contributed by atoms with Crippen LogP contribution in [0.2, 0.25) is 0 Å². The van der Waals surface area contributed by atoms with Crippen molar-refractivity contribution in [2.75, 3.05) is 12.3 Å². The number of nitrogen functional groups attached to an aromatic ring is 1. The molecule has 1 aromatic carbocycles. The summed E-state index contributed by atoms with van der Waals surface area (Å²) in [4.78, 5) is 11.8. The van der Waals surface area contributed by atoms with Gasteiger partial charge in [0.05, 0.1) is 11.2 Å². The molecule has 0 heterocycles. The Balaban J connectivity index is 2.77. The summed E-state index contributed by atoms with van der Waals surface area (Å²) >= 11 is 0. The van der Waals surface area contributed by atoms with E-state index in [0.29, 0.717) is 11.3 Å². The Kier molecular flexibility index (Phi) is 3.55. The van der Waals surface area contributed by atoms with Gasteiger partial charge in [0.2, 0.25) is 0 Å². The van der Waals surface area contributed by atoms with E-state index in [-0.39, 0.29) is 12.5 Å². The molecule has 0 aliphatic carbocycles. The summed E-state index contributed by atoms with van der Waals surface area (Å²) in [5.74, 6) is -0.261. The molecule has 0 bridgehead atoms. The van der Waals surface area contributed by atoms with Gasteiger partial charge in [-0.15, -0.1) is 0 Å². The topological polar surface area (TPSA) is 75.4 Å². The van der Waals surface area contributed by atoms with E-state index in [0.717, 1.165) is 5.56 Å². The largest absolute Gasteiger partial charge is 0.398 e. The van der Waals surface area contributed by atoms with E-state index in [9.17, 15) is 9.90 Å². The van der Waals surface area contributed by atoms with Gasteiger partial charge in [-0.25, -0.2) is 0 Å². The Morgan fingerprint density at radius 2 is 2.12 bits per heavy atom. The maximum absolute atomic E-state index is 11.8. The second-order valence-corrected chi connectivity index (χ2v) is 4.59. The first-order valence-electron chi connectivity index (χ1n) is 5.16. The molecule has 0 radical (unpaired) electrons. The predicted octanol–water partition coefficient (Wildman–Crippen LogP) is 1.08. The summed E-state index contributed by atoms with van der Waals surface area (Å²) in [6.07, 6.45) is 0. The lowest BCUT2D eigenvalue weighted by molar-refractivity contribution is 0.0694. The van der Waals surface area contributed by atoms with Crippen LogP contribution in [-0.4, -0.2) is 23.2 Å². The van der Waals surface area contributed by atoms with Crippen molar-refractivity contribution in [2.45, 2.75) is 26.4 Å². The number of amides is 1. The van der Waals surface area contributed by atoms with E-state index in [1.165, 1.54) is 0 Å². The number of benzene rings is 1. The summed E-state index contributed by atoms with van der Waals surface area (Å²) in [5, 5.41) is 12.1. The molecular formula is C12H18N2O2. The first-order valence-corrected chi connectivity index (χ1v) is 5.16. The lowest BCUT2D eigenvalue weighted by Crippen LogP contribution is -2.38. The van der Waals surface area contributed by atoms with Crippen LogP contribution in [0.1, 0.15) is 29.8 Å². The van der Waals surface area contributed by atoms with E-state index in [1.807, 2.05) is 13.0 Å². The van der Waals surface area contributed by atoms with E-state index in [1.54, 1.807) is 26.0 Å². The van der Waals surface area contributed by atoms with Gasteiger partial charge < -0.3 is 16.2 Å². The highest BCUT2D eigenvalue weighted by Gasteiger charge is 2.16. The molecule has 1 rings (SSSR count). The third-order valence-corrected chi connectivity index (χ3v) is 2.13. The molecule has 0 unspecified atom stereocenters. The molecule has 0 fully saturated rings. The number of hydrogen-bond acceptors (Lipinski definition) is 3. The third-order valence-electron chi connectivity index (χ3n) is 2.13. The van der Waals surface area contributed by atoms with Gasteiger partial charge in [0.1, 0.15) is 0 Å². The highest BCUT2D eigenvalue weighted by molar-refractivity contribution is 5.99. The van der Waals surface area contributed by atoms with Crippen molar-refractivity contribution >= 4 is 11.6 Å². The van der Waals surface area contributed by atoms with Crippen molar-refractivity contribution < 1.29 is 9.90 Å². The maximum atomic E-state index is 11.8. The van der Waals surface area contributed by atoms with Gasteiger partial charge in [0, 0.05) is 12.2 Å². The van der Waals surface area contributed by atoms with Crippen LogP contribution in [0, 0.1) is 6.92 Å². The van der Waals surface area contributed by atoms with Crippen LogP contribution in [-0.2, 0) is 0 Å².